The van der Waals surface area contributed by atoms with Gasteiger partial charge in [0.05, 0.1) is 13.7 Å². The van der Waals surface area contributed by atoms with Gasteiger partial charge in [-0.1, -0.05) is 23.7 Å². The Balaban J connectivity index is 1.94. The van der Waals surface area contributed by atoms with Crippen molar-refractivity contribution in [2.24, 2.45) is 4.99 Å². The van der Waals surface area contributed by atoms with Crippen molar-refractivity contribution in [1.29, 1.82) is 0 Å². The Morgan fingerprint density at radius 1 is 1.37 bits per heavy atom. The largest absolute Gasteiger partial charge is 0.453 e. The number of rotatable bonds is 6. The van der Waals surface area contributed by atoms with Gasteiger partial charge in [0.15, 0.2) is 5.96 Å². The van der Waals surface area contributed by atoms with Crippen LogP contribution in [-0.4, -0.2) is 63.4 Å². The van der Waals surface area contributed by atoms with Crippen LogP contribution in [0.1, 0.15) is 31.4 Å². The highest BCUT2D eigenvalue weighted by Crippen LogP contribution is 2.20. The Morgan fingerprint density at radius 3 is 2.70 bits per heavy atom. The van der Waals surface area contributed by atoms with Gasteiger partial charge in [0.2, 0.25) is 0 Å². The molecule has 8 heteroatoms. The minimum absolute atomic E-state index is 0.166. The molecule has 0 radical (unpaired) electrons. The lowest BCUT2D eigenvalue weighted by Gasteiger charge is -2.32. The van der Waals surface area contributed by atoms with Crippen LogP contribution in [0.2, 0.25) is 5.02 Å². The van der Waals surface area contributed by atoms with E-state index in [0.717, 1.165) is 30.9 Å². The van der Waals surface area contributed by atoms with Crippen molar-refractivity contribution in [3.63, 3.8) is 0 Å². The van der Waals surface area contributed by atoms with Crippen molar-refractivity contribution in [2.75, 3.05) is 40.4 Å². The summed E-state index contributed by atoms with van der Waals surface area (Å²) in [6.07, 6.45) is 1.27. The van der Waals surface area contributed by atoms with E-state index in [0.29, 0.717) is 24.7 Å². The minimum atomic E-state index is -0.265. The summed E-state index contributed by atoms with van der Waals surface area (Å²) in [5.74, 6) is 0.748. The summed E-state index contributed by atoms with van der Waals surface area (Å²) < 4.78 is 10.4. The molecular weight excluding hydrogens is 368 g/mol. The maximum Gasteiger partial charge on any atom is 0.409 e. The van der Waals surface area contributed by atoms with Crippen LogP contribution in [0.25, 0.3) is 0 Å². The molecule has 2 N–H and O–H groups in total. The highest BCUT2D eigenvalue weighted by atomic mass is 35.5. The zero-order chi connectivity index (χ0) is 19.6. The first-order valence-electron chi connectivity index (χ1n) is 9.23. The number of nitrogens with one attached hydrogen (secondary N) is 2. The minimum Gasteiger partial charge on any atom is -0.453 e. The monoisotopic (exact) mass is 396 g/mol. The van der Waals surface area contributed by atoms with Gasteiger partial charge in [0, 0.05) is 37.8 Å². The number of carbonyl (C=O) groups is 1. The second kappa shape index (κ2) is 11.0. The van der Waals surface area contributed by atoms with Crippen LogP contribution in [0.15, 0.2) is 29.3 Å². The molecule has 2 rings (SSSR count). The topological polar surface area (TPSA) is 75.2 Å². The molecule has 150 valence electrons. The number of methoxy groups -OCH3 is 2. The Morgan fingerprint density at radius 2 is 2.11 bits per heavy atom. The van der Waals surface area contributed by atoms with Crippen LogP contribution in [0.5, 0.6) is 0 Å². The molecule has 1 amide bonds. The lowest BCUT2D eigenvalue weighted by molar-refractivity contribution is 0.109. The van der Waals surface area contributed by atoms with Gasteiger partial charge in [-0.3, -0.25) is 4.99 Å². The molecule has 1 unspecified atom stereocenters. The maximum absolute atomic E-state index is 11.6. The smallest absolute Gasteiger partial charge is 0.409 e. The second-order valence-corrected chi connectivity index (χ2v) is 6.81. The van der Waals surface area contributed by atoms with Crippen LogP contribution in [0.3, 0.4) is 0 Å². The number of hydrogen-bond donors (Lipinski definition) is 2. The molecule has 1 aliphatic rings. The number of likely N-dealkylation sites (tertiary alicyclic amines) is 1. The molecule has 1 aliphatic heterocycles. The summed E-state index contributed by atoms with van der Waals surface area (Å²) in [6.45, 7) is 4.62. The van der Waals surface area contributed by atoms with Crippen molar-refractivity contribution in [3.8, 4) is 0 Å². The van der Waals surface area contributed by atoms with Gasteiger partial charge in [-0.25, -0.2) is 4.79 Å². The molecule has 1 heterocycles. The summed E-state index contributed by atoms with van der Waals surface area (Å²) in [6, 6.07) is 7.89. The molecule has 1 aromatic rings. The van der Waals surface area contributed by atoms with Crippen LogP contribution in [0.4, 0.5) is 4.79 Å². The van der Waals surface area contributed by atoms with Crippen molar-refractivity contribution in [2.45, 2.75) is 31.9 Å². The fourth-order valence-corrected chi connectivity index (χ4v) is 3.24. The number of amides is 1. The molecular formula is C19H29ClN4O3. The van der Waals surface area contributed by atoms with E-state index in [1.165, 1.54) is 7.11 Å². The van der Waals surface area contributed by atoms with Crippen molar-refractivity contribution in [1.82, 2.24) is 15.5 Å². The normalized spacial score (nSPS) is 16.7. The van der Waals surface area contributed by atoms with E-state index in [1.54, 1.807) is 12.0 Å². The lowest BCUT2D eigenvalue weighted by Crippen LogP contribution is -2.49. The number of aliphatic imine (C=N–C) groups is 1. The molecule has 27 heavy (non-hydrogen) atoms. The molecule has 0 spiro atoms. The predicted octanol–water partition coefficient (Wildman–Crippen LogP) is 2.81. The molecule has 1 saturated heterocycles. The number of piperidine rings is 1. The Bertz CT molecular complexity index is 633. The van der Waals surface area contributed by atoms with Crippen molar-refractivity contribution < 1.29 is 14.3 Å². The van der Waals surface area contributed by atoms with E-state index in [-0.39, 0.29) is 18.2 Å². The summed E-state index contributed by atoms with van der Waals surface area (Å²) in [5.41, 5.74) is 0.996. The number of nitrogens with zero attached hydrogens (tertiary/aromatic N) is 2. The first-order chi connectivity index (χ1) is 13.1. The molecule has 7 nitrogen and oxygen atoms in total. The molecule has 1 atom stereocenters. The number of carbonyl (C=O) groups excluding carboxylic acids is 1. The van der Waals surface area contributed by atoms with E-state index < -0.39 is 0 Å². The number of benzene rings is 1. The van der Waals surface area contributed by atoms with Crippen LogP contribution in [0, 0.1) is 0 Å². The van der Waals surface area contributed by atoms with Gasteiger partial charge in [-0.05, 0) is 37.5 Å². The molecule has 0 saturated carbocycles. The van der Waals surface area contributed by atoms with E-state index >= 15 is 0 Å². The molecule has 0 aliphatic carbocycles. The van der Waals surface area contributed by atoms with Crippen LogP contribution < -0.4 is 10.6 Å². The fourth-order valence-electron chi connectivity index (χ4n) is 3.05. The van der Waals surface area contributed by atoms with Crippen molar-refractivity contribution >= 4 is 23.7 Å². The van der Waals surface area contributed by atoms with Crippen molar-refractivity contribution in [3.05, 3.63) is 34.9 Å². The van der Waals surface area contributed by atoms with E-state index in [1.807, 2.05) is 31.2 Å². The third kappa shape index (κ3) is 6.59. The Kier molecular flexibility index (Phi) is 8.67. The fraction of sp³-hybridized carbons (Fsp3) is 0.579. The zero-order valence-corrected chi connectivity index (χ0v) is 17.0. The summed E-state index contributed by atoms with van der Waals surface area (Å²) in [4.78, 5) is 18.0. The second-order valence-electron chi connectivity index (χ2n) is 6.37. The van der Waals surface area contributed by atoms with Gasteiger partial charge < -0.3 is 25.0 Å². The maximum atomic E-state index is 11.6. The van der Waals surface area contributed by atoms with E-state index in [2.05, 4.69) is 15.6 Å². The highest BCUT2D eigenvalue weighted by Gasteiger charge is 2.23. The van der Waals surface area contributed by atoms with E-state index in [9.17, 15) is 4.79 Å². The first-order valence-corrected chi connectivity index (χ1v) is 9.61. The number of ether oxygens (including phenoxy) is 2. The van der Waals surface area contributed by atoms with Gasteiger partial charge in [0.1, 0.15) is 6.10 Å². The summed E-state index contributed by atoms with van der Waals surface area (Å²) in [5, 5.41) is 7.41. The standard InChI is InChI=1S/C19H29ClN4O3/c1-4-21-18(23-16-8-10-24(11-9-16)19(25)27-3)22-13-17(26-2)14-6-5-7-15(20)12-14/h5-7,12,16-17H,4,8-11,13H2,1-3H3,(H2,21,22,23). The van der Waals surface area contributed by atoms with Crippen LogP contribution >= 0.6 is 11.6 Å². The van der Waals surface area contributed by atoms with Crippen LogP contribution in [-0.2, 0) is 9.47 Å². The number of halogens is 1. The molecule has 0 aromatic heterocycles. The average molecular weight is 397 g/mol. The Hall–Kier alpha value is -1.99. The lowest BCUT2D eigenvalue weighted by atomic mass is 10.1. The number of guanidine groups is 1. The van der Waals surface area contributed by atoms with Gasteiger partial charge in [0.25, 0.3) is 0 Å². The third-order valence-electron chi connectivity index (χ3n) is 4.53. The van der Waals surface area contributed by atoms with Gasteiger partial charge in [-0.15, -0.1) is 0 Å². The summed E-state index contributed by atoms with van der Waals surface area (Å²) in [7, 11) is 3.08. The first kappa shape index (κ1) is 21.3. The molecule has 1 fully saturated rings. The highest BCUT2D eigenvalue weighted by molar-refractivity contribution is 6.30. The van der Waals surface area contributed by atoms with Gasteiger partial charge in [-0.2, -0.15) is 0 Å². The predicted molar refractivity (Wildman–Crippen MR) is 107 cm³/mol. The molecule has 0 bridgehead atoms. The third-order valence-corrected chi connectivity index (χ3v) is 4.77. The number of hydrogen-bond acceptors (Lipinski definition) is 4. The SMILES string of the molecule is CCNC(=NCC(OC)c1cccc(Cl)c1)NC1CCN(C(=O)OC)CC1. The summed E-state index contributed by atoms with van der Waals surface area (Å²) >= 11 is 6.08. The van der Waals surface area contributed by atoms with Gasteiger partial charge >= 0.3 is 6.09 Å². The average Bonchev–Trinajstić information content (AvgIpc) is 2.68. The zero-order valence-electron chi connectivity index (χ0n) is 16.2. The quantitative estimate of drug-likeness (QED) is 0.571. The molecule has 1 aromatic carbocycles. The Labute approximate surface area is 166 Å². The van der Waals surface area contributed by atoms with E-state index in [4.69, 9.17) is 21.1 Å².